The van der Waals surface area contributed by atoms with Crippen molar-refractivity contribution in [1.82, 2.24) is 0 Å². The fourth-order valence-electron chi connectivity index (χ4n) is 13.5. The average Bonchev–Trinajstić information content (AvgIpc) is 3.05. The summed E-state index contributed by atoms with van der Waals surface area (Å²) in [5, 5.41) is 0. The molecule has 398 valence electrons. The number of benzene rings is 3. The van der Waals surface area contributed by atoms with Crippen molar-refractivity contribution in [3.63, 3.8) is 0 Å². The van der Waals surface area contributed by atoms with Crippen molar-refractivity contribution in [3.05, 3.63) is 88.0 Å². The molecule has 3 nitrogen and oxygen atoms in total. The molecule has 0 spiro atoms. The lowest BCUT2D eigenvalue weighted by Gasteiger charge is -2.38. The molecule has 3 rings (SSSR count). The van der Waals surface area contributed by atoms with E-state index >= 15 is 0 Å². The van der Waals surface area contributed by atoms with Gasteiger partial charge in [0.1, 0.15) is 17.2 Å². The highest BCUT2D eigenvalue weighted by atomic mass is 31.2. The smallest absolute Gasteiger partial charge is 0.408 e. The second-order valence-corrected chi connectivity index (χ2v) is 34.4. The van der Waals surface area contributed by atoms with Crippen molar-refractivity contribution in [2.75, 3.05) is 0 Å². The zero-order chi connectivity index (χ0) is 54.5. The first kappa shape index (κ1) is 61.8. The molecule has 0 aromatic heterocycles. The second-order valence-electron chi connectivity index (χ2n) is 33.4. The van der Waals surface area contributed by atoms with Gasteiger partial charge in [-0.2, -0.15) is 0 Å². The molecule has 0 radical (unpaired) electrons. The summed E-state index contributed by atoms with van der Waals surface area (Å²) in [6, 6.07) is 21.0. The van der Waals surface area contributed by atoms with Crippen LogP contribution in [0.1, 0.15) is 280 Å². The van der Waals surface area contributed by atoms with E-state index in [4.69, 9.17) is 13.6 Å². The largest absolute Gasteiger partial charge is 0.530 e. The molecule has 3 aromatic rings. The highest BCUT2D eigenvalue weighted by Gasteiger charge is 2.40. The van der Waals surface area contributed by atoms with Gasteiger partial charge in [-0.25, -0.2) is 0 Å². The zero-order valence-corrected chi connectivity index (χ0v) is 52.5. The van der Waals surface area contributed by atoms with Crippen LogP contribution in [-0.2, 0) is 32.5 Å². The van der Waals surface area contributed by atoms with Crippen LogP contribution in [0.15, 0.2) is 54.6 Å². The van der Waals surface area contributed by atoms with Gasteiger partial charge in [0.15, 0.2) is 0 Å². The van der Waals surface area contributed by atoms with Crippen LogP contribution in [0.4, 0.5) is 0 Å². The molecule has 0 amide bonds. The van der Waals surface area contributed by atoms with E-state index in [1.807, 2.05) is 0 Å². The molecule has 0 saturated carbocycles. The van der Waals surface area contributed by atoms with Gasteiger partial charge in [0.05, 0.1) is 0 Å². The molecule has 0 saturated heterocycles. The molecule has 0 unspecified atom stereocenters. The quantitative estimate of drug-likeness (QED) is 0.119. The Morgan fingerprint density at radius 1 is 0.257 bits per heavy atom. The Bertz CT molecular complexity index is 1950. The first-order valence-corrected chi connectivity index (χ1v) is 28.2. The zero-order valence-electron chi connectivity index (χ0n) is 51.6. The van der Waals surface area contributed by atoms with E-state index in [1.165, 1.54) is 33.4 Å². The predicted molar refractivity (Wildman–Crippen MR) is 311 cm³/mol. The van der Waals surface area contributed by atoms with Crippen molar-refractivity contribution in [2.24, 2.45) is 32.5 Å². The Morgan fingerprint density at radius 2 is 0.429 bits per heavy atom. The summed E-state index contributed by atoms with van der Waals surface area (Å²) >= 11 is 0. The Hall–Kier alpha value is -2.51. The Balaban J connectivity index is 2.53. The summed E-state index contributed by atoms with van der Waals surface area (Å²) in [7, 11) is -2.06. The molecule has 3 aromatic carbocycles. The minimum atomic E-state index is -2.06. The molecule has 0 N–H and O–H groups in total. The molecular formula is C66H111O3P. The van der Waals surface area contributed by atoms with E-state index in [0.717, 1.165) is 55.8 Å². The predicted octanol–water partition coefficient (Wildman–Crippen LogP) is 21.7. The van der Waals surface area contributed by atoms with E-state index < -0.39 is 8.60 Å². The number of hydrogen-bond donors (Lipinski definition) is 0. The van der Waals surface area contributed by atoms with Gasteiger partial charge in [0.25, 0.3) is 0 Å². The summed E-state index contributed by atoms with van der Waals surface area (Å²) in [5.41, 5.74) is 7.54. The van der Waals surface area contributed by atoms with Crippen LogP contribution < -0.4 is 13.6 Å². The Kier molecular flexibility index (Phi) is 18.2. The standard InChI is InChI=1S/C66H111O3P/c1-55(2,3)40-61(19,20)46-31-34-52(49(37-46)64(25,26)43-58(10,11)12)67-70(68-53-35-32-47(62(21,22)41-56(4,5)6)38-50(53)65(27,28)44-59(13,14)15)69-54-36-33-48(63(23,24)42-57(7,8)9)39-51(54)66(29,30)45-60(16,17)18/h31-39H,40-45H2,1-30H3. The van der Waals surface area contributed by atoms with Crippen LogP contribution in [0.2, 0.25) is 0 Å². The topological polar surface area (TPSA) is 27.7 Å². The summed E-state index contributed by atoms with van der Waals surface area (Å²) in [5.74, 6) is 2.48. The van der Waals surface area contributed by atoms with Crippen LogP contribution in [0.25, 0.3) is 0 Å². The maximum atomic E-state index is 7.51. The van der Waals surface area contributed by atoms with E-state index in [0.29, 0.717) is 0 Å². The molecule has 0 heterocycles. The molecular weight excluding hydrogens is 872 g/mol. The first-order valence-electron chi connectivity index (χ1n) is 27.1. The summed E-state index contributed by atoms with van der Waals surface area (Å²) < 4.78 is 22.5. The van der Waals surface area contributed by atoms with Crippen LogP contribution in [0.5, 0.6) is 17.2 Å². The van der Waals surface area contributed by atoms with E-state index in [9.17, 15) is 0 Å². The van der Waals surface area contributed by atoms with Gasteiger partial charge in [-0.15, -0.1) is 0 Å². The van der Waals surface area contributed by atoms with Crippen LogP contribution in [0, 0.1) is 32.5 Å². The summed E-state index contributed by atoms with van der Waals surface area (Å²) in [6.45, 7) is 71.0. The van der Waals surface area contributed by atoms with E-state index in [1.54, 1.807) is 0 Å². The van der Waals surface area contributed by atoms with Gasteiger partial charge in [-0.3, -0.25) is 0 Å². The SMILES string of the molecule is CC(C)(C)CC(C)(C)c1ccc(OP(Oc2ccc(C(C)(C)CC(C)(C)C)cc2C(C)(C)CC(C)(C)C)Oc2ccc(C(C)(C)CC(C)(C)C)cc2C(C)(C)CC(C)(C)C)c(C(C)(C)CC(C)(C)C)c1. The van der Waals surface area contributed by atoms with E-state index in [2.05, 4.69) is 262 Å². The monoisotopic (exact) mass is 983 g/mol. The van der Waals surface area contributed by atoms with Crippen LogP contribution in [-0.4, -0.2) is 0 Å². The van der Waals surface area contributed by atoms with Crippen LogP contribution >= 0.6 is 8.60 Å². The lowest BCUT2D eigenvalue weighted by molar-refractivity contribution is 0.273. The molecule has 0 atom stereocenters. The molecule has 0 bridgehead atoms. The Labute approximate surface area is 436 Å². The van der Waals surface area contributed by atoms with Crippen molar-refractivity contribution >= 4 is 8.60 Å². The lowest BCUT2D eigenvalue weighted by Crippen LogP contribution is -2.29. The second kappa shape index (κ2) is 20.7. The van der Waals surface area contributed by atoms with Crippen molar-refractivity contribution in [3.8, 4) is 17.2 Å². The number of rotatable bonds is 18. The first-order chi connectivity index (χ1) is 30.8. The molecule has 0 fully saturated rings. The summed E-state index contributed by atoms with van der Waals surface area (Å²) in [4.78, 5) is 0. The third kappa shape index (κ3) is 18.8. The molecule has 0 aliphatic carbocycles. The van der Waals surface area contributed by atoms with Crippen molar-refractivity contribution in [2.45, 2.75) is 279 Å². The highest BCUT2D eigenvalue weighted by Crippen LogP contribution is 2.54. The fourth-order valence-corrected chi connectivity index (χ4v) is 14.6. The minimum Gasteiger partial charge on any atom is -0.408 e. The van der Waals surface area contributed by atoms with Crippen molar-refractivity contribution < 1.29 is 13.6 Å². The summed E-state index contributed by atoms with van der Waals surface area (Å²) in [6.07, 6.45) is 6.12. The molecule has 0 aliphatic heterocycles. The van der Waals surface area contributed by atoms with Gasteiger partial charge in [-0.05, 0) is 138 Å². The van der Waals surface area contributed by atoms with Gasteiger partial charge in [0.2, 0.25) is 0 Å². The Morgan fingerprint density at radius 3 is 0.600 bits per heavy atom. The van der Waals surface area contributed by atoms with E-state index in [-0.39, 0.29) is 65.0 Å². The van der Waals surface area contributed by atoms with Crippen molar-refractivity contribution in [1.29, 1.82) is 0 Å². The van der Waals surface area contributed by atoms with Gasteiger partial charge < -0.3 is 13.6 Å². The third-order valence-electron chi connectivity index (χ3n) is 13.8. The normalized spacial score (nSPS) is 14.6. The average molecular weight is 984 g/mol. The van der Waals surface area contributed by atoms with Gasteiger partial charge in [-0.1, -0.05) is 244 Å². The third-order valence-corrected chi connectivity index (χ3v) is 14.9. The molecule has 4 heteroatoms. The highest BCUT2D eigenvalue weighted by molar-refractivity contribution is 7.43. The molecule has 0 aliphatic rings. The lowest BCUT2D eigenvalue weighted by atomic mass is 9.68. The maximum absolute atomic E-state index is 7.51. The van der Waals surface area contributed by atoms with Gasteiger partial charge >= 0.3 is 8.60 Å². The van der Waals surface area contributed by atoms with Gasteiger partial charge in [0, 0.05) is 16.7 Å². The minimum absolute atomic E-state index is 0.0484. The maximum Gasteiger partial charge on any atom is 0.530 e. The fraction of sp³-hybridized carbons (Fsp3) is 0.727. The van der Waals surface area contributed by atoms with Crippen LogP contribution in [0.3, 0.4) is 0 Å². The number of hydrogen-bond acceptors (Lipinski definition) is 3. The molecule has 70 heavy (non-hydrogen) atoms.